The van der Waals surface area contributed by atoms with Crippen molar-refractivity contribution in [1.29, 1.82) is 0 Å². The van der Waals surface area contributed by atoms with Crippen molar-refractivity contribution in [3.63, 3.8) is 0 Å². The summed E-state index contributed by atoms with van der Waals surface area (Å²) < 4.78 is 10.5. The predicted molar refractivity (Wildman–Crippen MR) is 87.3 cm³/mol. The zero-order valence-corrected chi connectivity index (χ0v) is 13.5. The van der Waals surface area contributed by atoms with Crippen LogP contribution in [0.1, 0.15) is 37.8 Å². The number of benzene rings is 2. The van der Waals surface area contributed by atoms with Gasteiger partial charge in [-0.1, -0.05) is 45.0 Å². The molecule has 0 aliphatic heterocycles. The molecule has 2 rings (SSSR count). The molecule has 0 saturated heterocycles. The molecule has 0 heterocycles. The van der Waals surface area contributed by atoms with Crippen molar-refractivity contribution in [1.82, 2.24) is 0 Å². The number of hydrogen-bond acceptors (Lipinski definition) is 2. The van der Waals surface area contributed by atoms with E-state index in [0.717, 1.165) is 11.5 Å². The van der Waals surface area contributed by atoms with Crippen molar-refractivity contribution in [3.8, 4) is 11.5 Å². The molecule has 0 bridgehead atoms. The van der Waals surface area contributed by atoms with E-state index in [2.05, 4.69) is 45.0 Å². The second kappa shape index (κ2) is 6.21. The summed E-state index contributed by atoms with van der Waals surface area (Å²) >= 11 is 0. The summed E-state index contributed by atoms with van der Waals surface area (Å²) in [4.78, 5) is 0. The summed E-state index contributed by atoms with van der Waals surface area (Å²) in [6, 6.07) is 16.7. The zero-order valence-electron chi connectivity index (χ0n) is 13.5. The number of ether oxygens (including phenoxy) is 2. The van der Waals surface area contributed by atoms with Gasteiger partial charge in [0.1, 0.15) is 11.5 Å². The summed E-state index contributed by atoms with van der Waals surface area (Å²) in [5.41, 5.74) is 2.73. The van der Waals surface area contributed by atoms with Gasteiger partial charge >= 0.3 is 0 Å². The van der Waals surface area contributed by atoms with Crippen LogP contribution < -0.4 is 9.47 Å². The van der Waals surface area contributed by atoms with Gasteiger partial charge in [0.25, 0.3) is 0 Å². The molecule has 0 fully saturated rings. The first-order chi connectivity index (χ1) is 9.95. The van der Waals surface area contributed by atoms with Gasteiger partial charge < -0.3 is 9.47 Å². The van der Waals surface area contributed by atoms with Crippen LogP contribution >= 0.6 is 0 Å². The Labute approximate surface area is 127 Å². The van der Waals surface area contributed by atoms with Crippen molar-refractivity contribution in [2.45, 2.75) is 26.7 Å². The monoisotopic (exact) mass is 284 g/mol. The van der Waals surface area contributed by atoms with E-state index in [-0.39, 0.29) is 5.41 Å². The zero-order chi connectivity index (χ0) is 15.5. The highest BCUT2D eigenvalue weighted by Crippen LogP contribution is 2.41. The average molecular weight is 284 g/mol. The fourth-order valence-electron chi connectivity index (χ4n) is 2.79. The van der Waals surface area contributed by atoms with Gasteiger partial charge in [-0.15, -0.1) is 0 Å². The number of hydrogen-bond donors (Lipinski definition) is 0. The predicted octanol–water partition coefficient (Wildman–Crippen LogP) is 4.88. The van der Waals surface area contributed by atoms with Gasteiger partial charge in [0.15, 0.2) is 0 Å². The number of rotatable bonds is 4. The lowest BCUT2D eigenvalue weighted by atomic mass is 9.72. The molecular formula is C19H24O2. The van der Waals surface area contributed by atoms with Crippen LogP contribution in [0.4, 0.5) is 0 Å². The molecule has 0 spiro atoms. The molecule has 2 nitrogen and oxygen atoms in total. The summed E-state index contributed by atoms with van der Waals surface area (Å²) in [5.74, 6) is 2.11. The topological polar surface area (TPSA) is 18.5 Å². The maximum atomic E-state index is 5.25. The molecule has 0 aliphatic carbocycles. The highest BCUT2D eigenvalue weighted by atomic mass is 16.5. The fraction of sp³-hybridized carbons (Fsp3) is 0.368. The third-order valence-corrected chi connectivity index (χ3v) is 3.76. The Morgan fingerprint density at radius 2 is 1.00 bits per heavy atom. The van der Waals surface area contributed by atoms with Crippen LogP contribution in [-0.4, -0.2) is 14.2 Å². The van der Waals surface area contributed by atoms with Crippen LogP contribution in [0.2, 0.25) is 0 Å². The summed E-state index contributed by atoms with van der Waals surface area (Å²) in [7, 11) is 3.39. The summed E-state index contributed by atoms with van der Waals surface area (Å²) in [6.07, 6.45) is 0. The van der Waals surface area contributed by atoms with Crippen LogP contribution in [0.3, 0.4) is 0 Å². The second-order valence-corrected chi connectivity index (χ2v) is 6.35. The van der Waals surface area contributed by atoms with E-state index in [4.69, 9.17) is 9.47 Å². The minimum atomic E-state index is 0.128. The van der Waals surface area contributed by atoms with E-state index in [0.29, 0.717) is 5.92 Å². The minimum absolute atomic E-state index is 0.128. The van der Waals surface area contributed by atoms with Gasteiger partial charge in [-0.25, -0.2) is 0 Å². The SMILES string of the molecule is COc1ccc(C(c2ccc(OC)cc2)C(C)(C)C)cc1. The average Bonchev–Trinajstić information content (AvgIpc) is 2.47. The Morgan fingerprint density at radius 3 is 1.24 bits per heavy atom. The van der Waals surface area contributed by atoms with E-state index < -0.39 is 0 Å². The summed E-state index contributed by atoms with van der Waals surface area (Å²) in [6.45, 7) is 6.81. The molecule has 0 aliphatic rings. The van der Waals surface area contributed by atoms with E-state index in [9.17, 15) is 0 Å². The van der Waals surface area contributed by atoms with Gasteiger partial charge in [0.2, 0.25) is 0 Å². The quantitative estimate of drug-likeness (QED) is 0.796. The van der Waals surface area contributed by atoms with E-state index >= 15 is 0 Å². The van der Waals surface area contributed by atoms with Gasteiger partial charge in [-0.2, -0.15) is 0 Å². The molecule has 21 heavy (non-hydrogen) atoms. The van der Waals surface area contributed by atoms with Crippen molar-refractivity contribution in [2.75, 3.05) is 14.2 Å². The molecule has 0 aromatic heterocycles. The van der Waals surface area contributed by atoms with Gasteiger partial charge in [-0.05, 0) is 40.8 Å². The maximum Gasteiger partial charge on any atom is 0.118 e. The van der Waals surface area contributed by atoms with Gasteiger partial charge in [-0.3, -0.25) is 0 Å². The van der Waals surface area contributed by atoms with Crippen molar-refractivity contribution < 1.29 is 9.47 Å². The maximum absolute atomic E-state index is 5.25. The third-order valence-electron chi connectivity index (χ3n) is 3.76. The third kappa shape index (κ3) is 3.57. The van der Waals surface area contributed by atoms with E-state index in [1.807, 2.05) is 24.3 Å². The van der Waals surface area contributed by atoms with Crippen molar-refractivity contribution in [2.24, 2.45) is 5.41 Å². The van der Waals surface area contributed by atoms with Crippen LogP contribution in [-0.2, 0) is 0 Å². The van der Waals surface area contributed by atoms with Crippen molar-refractivity contribution >= 4 is 0 Å². The molecule has 2 heteroatoms. The normalized spacial score (nSPS) is 11.5. The molecule has 0 amide bonds. The lowest BCUT2D eigenvalue weighted by molar-refractivity contribution is 0.357. The molecule has 2 aromatic rings. The van der Waals surface area contributed by atoms with Crippen LogP contribution in [0, 0.1) is 5.41 Å². The Kier molecular flexibility index (Phi) is 4.56. The Balaban J connectivity index is 2.41. The molecule has 0 unspecified atom stereocenters. The molecule has 0 radical (unpaired) electrons. The molecule has 2 aromatic carbocycles. The molecule has 0 N–H and O–H groups in total. The molecular weight excluding hydrogens is 260 g/mol. The van der Waals surface area contributed by atoms with Gasteiger partial charge in [0, 0.05) is 5.92 Å². The Hall–Kier alpha value is -1.96. The second-order valence-electron chi connectivity index (χ2n) is 6.35. The first-order valence-corrected chi connectivity index (χ1v) is 7.23. The van der Waals surface area contributed by atoms with Crippen LogP contribution in [0.5, 0.6) is 11.5 Å². The lowest BCUT2D eigenvalue weighted by Gasteiger charge is -2.32. The standard InChI is InChI=1S/C19H24O2/c1-19(2,3)18(14-6-10-16(20-4)11-7-14)15-8-12-17(21-5)13-9-15/h6-13,18H,1-5H3. The highest BCUT2D eigenvalue weighted by molar-refractivity contribution is 5.39. The van der Waals surface area contributed by atoms with Gasteiger partial charge in [0.05, 0.1) is 14.2 Å². The highest BCUT2D eigenvalue weighted by Gasteiger charge is 2.27. The molecule has 112 valence electrons. The summed E-state index contributed by atoms with van der Waals surface area (Å²) in [5, 5.41) is 0. The van der Waals surface area contributed by atoms with E-state index in [1.54, 1.807) is 14.2 Å². The van der Waals surface area contributed by atoms with Crippen molar-refractivity contribution in [3.05, 3.63) is 59.7 Å². The number of methoxy groups -OCH3 is 2. The Bertz CT molecular complexity index is 515. The Morgan fingerprint density at radius 1 is 0.667 bits per heavy atom. The molecule has 0 atom stereocenters. The minimum Gasteiger partial charge on any atom is -0.497 e. The van der Waals surface area contributed by atoms with Crippen LogP contribution in [0.25, 0.3) is 0 Å². The smallest absolute Gasteiger partial charge is 0.118 e. The largest absolute Gasteiger partial charge is 0.497 e. The first kappa shape index (κ1) is 15.4. The van der Waals surface area contributed by atoms with E-state index in [1.165, 1.54) is 11.1 Å². The molecule has 0 saturated carbocycles. The van der Waals surface area contributed by atoms with Crippen LogP contribution in [0.15, 0.2) is 48.5 Å². The fourth-order valence-corrected chi connectivity index (χ4v) is 2.79. The first-order valence-electron chi connectivity index (χ1n) is 7.23. The lowest BCUT2D eigenvalue weighted by Crippen LogP contribution is -2.19.